The Bertz CT molecular complexity index is 514. The van der Waals surface area contributed by atoms with Gasteiger partial charge in [0.05, 0.1) is 6.10 Å². The summed E-state index contributed by atoms with van der Waals surface area (Å²) in [4.78, 5) is 12.4. The second-order valence-electron chi connectivity index (χ2n) is 8.57. The Morgan fingerprint density at radius 1 is 1.09 bits per heavy atom. The Morgan fingerprint density at radius 3 is 2.55 bits per heavy atom. The number of hydrogen-bond donors (Lipinski definition) is 1. The van der Waals surface area contributed by atoms with Crippen LogP contribution in [-0.4, -0.2) is 46.6 Å². The van der Waals surface area contributed by atoms with Gasteiger partial charge in [-0.25, -0.2) is 0 Å². The van der Waals surface area contributed by atoms with E-state index in [1.807, 2.05) is 0 Å². The van der Waals surface area contributed by atoms with E-state index in [0.29, 0.717) is 23.0 Å². The molecule has 4 rings (SSSR count). The number of allylic oxidation sites excluding steroid dienone is 1. The first-order valence-corrected chi connectivity index (χ1v) is 8.86. The standard InChI is InChI=1S/C19H28O2.Na.H/c1-18-9-7-13(20)11-12(18)3-4-14-15-5-6-17(21)19(15,2)10-8-16(14)18;;/h3,13-16,20H,4-11H2,1-2H3;;/t13-,14-,15-,16-,18-,19-;;/m0../s1. The molecule has 0 aromatic rings. The van der Waals surface area contributed by atoms with E-state index in [-0.39, 0.29) is 41.1 Å². The fraction of sp³-hybridized carbons (Fsp3) is 0.842. The summed E-state index contributed by atoms with van der Waals surface area (Å²) in [5, 5.41) is 10.00. The Morgan fingerprint density at radius 2 is 1.77 bits per heavy atom. The number of rotatable bonds is 0. The van der Waals surface area contributed by atoms with Crippen LogP contribution in [-0.2, 0) is 4.79 Å². The summed E-state index contributed by atoms with van der Waals surface area (Å²) >= 11 is 0. The number of aliphatic hydroxyl groups is 1. The zero-order chi connectivity index (χ0) is 14.8. The minimum atomic E-state index is -0.122. The van der Waals surface area contributed by atoms with E-state index in [0.717, 1.165) is 50.9 Å². The number of carbonyl (C=O) groups is 1. The number of ketones is 1. The average molecular weight is 312 g/mol. The second-order valence-corrected chi connectivity index (χ2v) is 8.57. The zero-order valence-corrected chi connectivity index (χ0v) is 13.4. The Balaban J connectivity index is 0.00000144. The van der Waals surface area contributed by atoms with Gasteiger partial charge in [0, 0.05) is 11.8 Å². The summed E-state index contributed by atoms with van der Waals surface area (Å²) in [6.07, 6.45) is 10.7. The van der Waals surface area contributed by atoms with Gasteiger partial charge in [0.25, 0.3) is 0 Å². The minimum absolute atomic E-state index is 0. The van der Waals surface area contributed by atoms with Gasteiger partial charge in [-0.2, -0.15) is 0 Å². The van der Waals surface area contributed by atoms with Crippen molar-refractivity contribution in [2.75, 3.05) is 0 Å². The predicted molar refractivity (Wildman–Crippen MR) is 89.9 cm³/mol. The topological polar surface area (TPSA) is 37.3 Å². The van der Waals surface area contributed by atoms with Crippen LogP contribution in [0.1, 0.15) is 65.2 Å². The van der Waals surface area contributed by atoms with Gasteiger partial charge < -0.3 is 5.11 Å². The van der Waals surface area contributed by atoms with E-state index >= 15 is 0 Å². The third-order valence-electron chi connectivity index (χ3n) is 7.79. The van der Waals surface area contributed by atoms with Crippen LogP contribution in [0.25, 0.3) is 0 Å². The molecule has 6 atom stereocenters. The third kappa shape index (κ3) is 2.24. The molecule has 0 bridgehead atoms. The van der Waals surface area contributed by atoms with Gasteiger partial charge in [0.15, 0.2) is 0 Å². The van der Waals surface area contributed by atoms with Crippen molar-refractivity contribution in [2.45, 2.75) is 71.3 Å². The Labute approximate surface area is 156 Å². The van der Waals surface area contributed by atoms with Crippen molar-refractivity contribution in [3.05, 3.63) is 11.6 Å². The van der Waals surface area contributed by atoms with E-state index in [1.54, 1.807) is 0 Å². The number of carbonyl (C=O) groups excluding carboxylic acids is 1. The molecule has 22 heavy (non-hydrogen) atoms. The fourth-order valence-electron chi connectivity index (χ4n) is 6.41. The SMILES string of the molecule is C[C@]12CC[C@H](O)CC1=CC[C@@H]1[C@@H]2CC[C@]2(C)C(=O)CC[C@@H]12.[NaH]. The second kappa shape index (κ2) is 5.72. The van der Waals surface area contributed by atoms with Crippen molar-refractivity contribution in [1.82, 2.24) is 0 Å². The summed E-state index contributed by atoms with van der Waals surface area (Å²) in [5.74, 6) is 2.60. The number of Topliss-reactive ketones (excluding diaryl/α,β-unsaturated/α-hetero) is 1. The van der Waals surface area contributed by atoms with Crippen molar-refractivity contribution in [3.8, 4) is 0 Å². The van der Waals surface area contributed by atoms with Gasteiger partial charge in [-0.1, -0.05) is 25.5 Å². The molecule has 0 unspecified atom stereocenters. The van der Waals surface area contributed by atoms with Gasteiger partial charge in [-0.3, -0.25) is 4.79 Å². The number of aliphatic hydroxyl groups excluding tert-OH is 1. The van der Waals surface area contributed by atoms with E-state index in [9.17, 15) is 9.90 Å². The van der Waals surface area contributed by atoms with Crippen molar-refractivity contribution in [1.29, 1.82) is 0 Å². The Hall–Kier alpha value is 0.370. The molecular formula is C19H29NaO2. The maximum absolute atomic E-state index is 12.4. The average Bonchev–Trinajstić information content (AvgIpc) is 2.76. The quantitative estimate of drug-likeness (QED) is 0.551. The number of hydrogen-bond acceptors (Lipinski definition) is 2. The summed E-state index contributed by atoms with van der Waals surface area (Å²) in [6.45, 7) is 4.69. The first kappa shape index (κ1) is 17.2. The van der Waals surface area contributed by atoms with Crippen molar-refractivity contribution < 1.29 is 9.90 Å². The van der Waals surface area contributed by atoms with Gasteiger partial charge in [-0.05, 0) is 68.1 Å². The molecule has 0 aliphatic heterocycles. The molecule has 4 aliphatic carbocycles. The van der Waals surface area contributed by atoms with Crippen LogP contribution in [0.4, 0.5) is 0 Å². The molecule has 3 heteroatoms. The molecule has 0 radical (unpaired) electrons. The molecule has 118 valence electrons. The molecular weight excluding hydrogens is 283 g/mol. The molecule has 1 N–H and O–H groups in total. The normalized spacial score (nSPS) is 50.3. The maximum atomic E-state index is 12.4. The van der Waals surface area contributed by atoms with E-state index < -0.39 is 0 Å². The van der Waals surface area contributed by atoms with Crippen molar-refractivity contribution >= 4 is 35.3 Å². The van der Waals surface area contributed by atoms with Gasteiger partial charge in [-0.15, -0.1) is 0 Å². The predicted octanol–water partition coefficient (Wildman–Crippen LogP) is 3.23. The molecule has 0 aromatic carbocycles. The zero-order valence-electron chi connectivity index (χ0n) is 13.4. The van der Waals surface area contributed by atoms with Crippen LogP contribution in [0.3, 0.4) is 0 Å². The van der Waals surface area contributed by atoms with Gasteiger partial charge in [0.1, 0.15) is 5.78 Å². The molecule has 0 heterocycles. The van der Waals surface area contributed by atoms with Crippen LogP contribution in [0.15, 0.2) is 11.6 Å². The molecule has 0 amide bonds. The van der Waals surface area contributed by atoms with E-state index in [1.165, 1.54) is 12.0 Å². The van der Waals surface area contributed by atoms with Crippen LogP contribution in [0.2, 0.25) is 0 Å². The van der Waals surface area contributed by atoms with Crippen LogP contribution < -0.4 is 0 Å². The molecule has 0 spiro atoms. The molecule has 3 saturated carbocycles. The van der Waals surface area contributed by atoms with E-state index in [4.69, 9.17) is 0 Å². The molecule has 0 saturated heterocycles. The van der Waals surface area contributed by atoms with Crippen LogP contribution in [0, 0.1) is 28.6 Å². The molecule has 4 aliphatic rings. The van der Waals surface area contributed by atoms with Crippen molar-refractivity contribution in [2.24, 2.45) is 28.6 Å². The summed E-state index contributed by atoms with van der Waals surface area (Å²) < 4.78 is 0. The Kier molecular flexibility index (Phi) is 4.47. The summed E-state index contributed by atoms with van der Waals surface area (Å²) in [6, 6.07) is 0. The third-order valence-corrected chi connectivity index (χ3v) is 7.79. The molecule has 0 aromatic heterocycles. The van der Waals surface area contributed by atoms with Gasteiger partial charge >= 0.3 is 29.6 Å². The molecule has 3 fully saturated rings. The first-order chi connectivity index (χ1) is 9.95. The summed E-state index contributed by atoms with van der Waals surface area (Å²) in [5.41, 5.74) is 1.81. The first-order valence-electron chi connectivity index (χ1n) is 8.86. The molecule has 2 nitrogen and oxygen atoms in total. The van der Waals surface area contributed by atoms with Gasteiger partial charge in [0.2, 0.25) is 0 Å². The van der Waals surface area contributed by atoms with Crippen LogP contribution >= 0.6 is 0 Å². The van der Waals surface area contributed by atoms with E-state index in [2.05, 4.69) is 19.9 Å². The fourth-order valence-corrected chi connectivity index (χ4v) is 6.41. The number of fused-ring (bicyclic) bond motifs is 5. The summed E-state index contributed by atoms with van der Waals surface area (Å²) in [7, 11) is 0. The van der Waals surface area contributed by atoms with Crippen LogP contribution in [0.5, 0.6) is 0 Å². The van der Waals surface area contributed by atoms with Crippen molar-refractivity contribution in [3.63, 3.8) is 0 Å². The monoisotopic (exact) mass is 312 g/mol.